The molecule has 0 bridgehead atoms. The molecule has 20 heavy (non-hydrogen) atoms. The number of anilines is 1. The molecule has 110 valence electrons. The maximum absolute atomic E-state index is 11.4. The summed E-state index contributed by atoms with van der Waals surface area (Å²) in [5, 5.41) is 12.6. The number of carboxylic acids is 1. The van der Waals surface area contributed by atoms with Gasteiger partial charge in [-0.25, -0.2) is 9.78 Å². The summed E-state index contributed by atoms with van der Waals surface area (Å²) in [5.41, 5.74) is 2.44. The Morgan fingerprint density at radius 3 is 2.80 bits per heavy atom. The number of pyridine rings is 1. The lowest BCUT2D eigenvalue weighted by Gasteiger charge is -2.22. The van der Waals surface area contributed by atoms with Crippen molar-refractivity contribution in [2.45, 2.75) is 38.6 Å². The van der Waals surface area contributed by atoms with Crippen LogP contribution >= 0.6 is 0 Å². The third kappa shape index (κ3) is 3.48. The molecule has 1 aromatic rings. The van der Waals surface area contributed by atoms with Gasteiger partial charge in [0.1, 0.15) is 11.4 Å². The van der Waals surface area contributed by atoms with E-state index in [4.69, 9.17) is 0 Å². The standard InChI is InChI=1S/C15H23N3O2/c1-10(9-18(2)3)16-14-12(15(19)20)8-11-6-4-5-7-13(11)17-14/h8,10H,4-7,9H2,1-3H3,(H,16,17)(H,19,20). The molecule has 1 heterocycles. The Morgan fingerprint density at radius 1 is 1.45 bits per heavy atom. The molecule has 0 aromatic carbocycles. The summed E-state index contributed by atoms with van der Waals surface area (Å²) in [6, 6.07) is 1.95. The fourth-order valence-electron chi connectivity index (χ4n) is 2.73. The van der Waals surface area contributed by atoms with E-state index in [2.05, 4.69) is 15.2 Å². The van der Waals surface area contributed by atoms with Gasteiger partial charge in [0.25, 0.3) is 0 Å². The zero-order valence-electron chi connectivity index (χ0n) is 12.4. The zero-order chi connectivity index (χ0) is 14.7. The second kappa shape index (κ2) is 6.22. The van der Waals surface area contributed by atoms with Gasteiger partial charge in [-0.05, 0) is 58.3 Å². The number of hydrogen-bond acceptors (Lipinski definition) is 4. The van der Waals surface area contributed by atoms with Crippen molar-refractivity contribution in [3.05, 3.63) is 22.9 Å². The molecule has 1 aliphatic carbocycles. The SMILES string of the molecule is CC(CN(C)C)Nc1nc2c(cc1C(=O)O)CCCC2. The second-order valence-electron chi connectivity index (χ2n) is 5.81. The van der Waals surface area contributed by atoms with E-state index < -0.39 is 5.97 Å². The van der Waals surface area contributed by atoms with E-state index in [-0.39, 0.29) is 11.6 Å². The minimum absolute atomic E-state index is 0.150. The number of fused-ring (bicyclic) bond motifs is 1. The van der Waals surface area contributed by atoms with E-state index in [0.29, 0.717) is 5.82 Å². The van der Waals surface area contributed by atoms with Crippen LogP contribution in [0.15, 0.2) is 6.07 Å². The molecule has 2 N–H and O–H groups in total. The van der Waals surface area contributed by atoms with Gasteiger partial charge in [-0.2, -0.15) is 0 Å². The van der Waals surface area contributed by atoms with Gasteiger partial charge in [-0.15, -0.1) is 0 Å². The average Bonchev–Trinajstić information content (AvgIpc) is 2.36. The van der Waals surface area contributed by atoms with Crippen molar-refractivity contribution in [2.75, 3.05) is 26.0 Å². The van der Waals surface area contributed by atoms with Crippen molar-refractivity contribution in [2.24, 2.45) is 0 Å². The lowest BCUT2D eigenvalue weighted by atomic mass is 9.94. The Labute approximate surface area is 120 Å². The molecule has 0 fully saturated rings. The first-order valence-corrected chi connectivity index (χ1v) is 7.14. The van der Waals surface area contributed by atoms with Gasteiger partial charge >= 0.3 is 5.97 Å². The normalized spacial score (nSPS) is 15.8. The number of aromatic nitrogens is 1. The quantitative estimate of drug-likeness (QED) is 0.862. The predicted molar refractivity (Wildman–Crippen MR) is 79.5 cm³/mol. The summed E-state index contributed by atoms with van der Waals surface area (Å²) in [4.78, 5) is 18.1. The highest BCUT2D eigenvalue weighted by atomic mass is 16.4. The van der Waals surface area contributed by atoms with Gasteiger partial charge in [0, 0.05) is 18.3 Å². The van der Waals surface area contributed by atoms with Crippen molar-refractivity contribution in [1.29, 1.82) is 0 Å². The molecule has 2 rings (SSSR count). The van der Waals surface area contributed by atoms with Crippen molar-refractivity contribution >= 4 is 11.8 Å². The van der Waals surface area contributed by atoms with E-state index in [1.165, 1.54) is 0 Å². The number of rotatable bonds is 5. The largest absolute Gasteiger partial charge is 0.478 e. The second-order valence-corrected chi connectivity index (χ2v) is 5.81. The van der Waals surface area contributed by atoms with E-state index in [1.54, 1.807) is 6.07 Å². The Balaban J connectivity index is 2.28. The molecule has 5 heteroatoms. The van der Waals surface area contributed by atoms with E-state index >= 15 is 0 Å². The molecule has 0 spiro atoms. The number of carbonyl (C=O) groups is 1. The molecule has 1 unspecified atom stereocenters. The van der Waals surface area contributed by atoms with Crippen molar-refractivity contribution in [3.8, 4) is 0 Å². The molecule has 0 radical (unpaired) electrons. The van der Waals surface area contributed by atoms with Crippen LogP contribution in [0.4, 0.5) is 5.82 Å². The van der Waals surface area contributed by atoms with Crippen molar-refractivity contribution in [1.82, 2.24) is 9.88 Å². The monoisotopic (exact) mass is 277 g/mol. The van der Waals surface area contributed by atoms with Crippen molar-refractivity contribution in [3.63, 3.8) is 0 Å². The summed E-state index contributed by atoms with van der Waals surface area (Å²) in [5.74, 6) is -0.405. The fourth-order valence-corrected chi connectivity index (χ4v) is 2.73. The van der Waals surface area contributed by atoms with Crippen LogP contribution in [-0.4, -0.2) is 47.6 Å². The minimum atomic E-state index is -0.912. The summed E-state index contributed by atoms with van der Waals surface area (Å²) in [6.07, 6.45) is 4.15. The number of nitrogens with one attached hydrogen (secondary N) is 1. The zero-order valence-corrected chi connectivity index (χ0v) is 12.4. The van der Waals surface area contributed by atoms with Gasteiger partial charge in [-0.3, -0.25) is 0 Å². The van der Waals surface area contributed by atoms with Crippen LogP contribution in [0.1, 0.15) is 41.4 Å². The lowest BCUT2D eigenvalue weighted by Crippen LogP contribution is -2.31. The Bertz CT molecular complexity index is 500. The van der Waals surface area contributed by atoms with Crippen LogP contribution in [0.5, 0.6) is 0 Å². The summed E-state index contributed by atoms with van der Waals surface area (Å²) in [6.45, 7) is 2.87. The number of hydrogen-bond donors (Lipinski definition) is 2. The van der Waals surface area contributed by atoms with Crippen LogP contribution in [0.3, 0.4) is 0 Å². The smallest absolute Gasteiger partial charge is 0.339 e. The van der Waals surface area contributed by atoms with Crippen LogP contribution in [0.25, 0.3) is 0 Å². The molecular weight excluding hydrogens is 254 g/mol. The van der Waals surface area contributed by atoms with Crippen molar-refractivity contribution < 1.29 is 9.90 Å². The van der Waals surface area contributed by atoms with Crippen LogP contribution in [0.2, 0.25) is 0 Å². The molecule has 0 saturated carbocycles. The molecule has 0 amide bonds. The van der Waals surface area contributed by atoms with Crippen LogP contribution in [0, 0.1) is 0 Å². The third-order valence-electron chi connectivity index (χ3n) is 3.55. The molecule has 1 aromatic heterocycles. The topological polar surface area (TPSA) is 65.5 Å². The van der Waals surface area contributed by atoms with E-state index in [0.717, 1.165) is 43.5 Å². The summed E-state index contributed by atoms with van der Waals surface area (Å²) >= 11 is 0. The number of likely N-dealkylation sites (N-methyl/N-ethyl adjacent to an activating group) is 1. The Morgan fingerprint density at radius 2 is 2.15 bits per heavy atom. The predicted octanol–water partition coefficient (Wildman–Crippen LogP) is 2.02. The maximum atomic E-state index is 11.4. The summed E-state index contributed by atoms with van der Waals surface area (Å²) < 4.78 is 0. The van der Waals surface area contributed by atoms with E-state index in [1.807, 2.05) is 21.0 Å². The van der Waals surface area contributed by atoms with Gasteiger partial charge < -0.3 is 15.3 Å². The number of aryl methyl sites for hydroxylation is 2. The molecular formula is C15H23N3O2. The Kier molecular flexibility index (Phi) is 4.60. The van der Waals surface area contributed by atoms with Gasteiger partial charge in [0.05, 0.1) is 0 Å². The fraction of sp³-hybridized carbons (Fsp3) is 0.600. The minimum Gasteiger partial charge on any atom is -0.478 e. The number of nitrogens with zero attached hydrogens (tertiary/aromatic N) is 2. The van der Waals surface area contributed by atoms with Gasteiger partial charge in [0.2, 0.25) is 0 Å². The molecule has 1 aliphatic rings. The van der Waals surface area contributed by atoms with Crippen LogP contribution in [-0.2, 0) is 12.8 Å². The first-order chi connectivity index (χ1) is 9.47. The highest BCUT2D eigenvalue weighted by Crippen LogP contribution is 2.25. The average molecular weight is 277 g/mol. The maximum Gasteiger partial charge on any atom is 0.339 e. The first-order valence-electron chi connectivity index (χ1n) is 7.14. The van der Waals surface area contributed by atoms with Gasteiger partial charge in [-0.1, -0.05) is 0 Å². The third-order valence-corrected chi connectivity index (χ3v) is 3.55. The highest BCUT2D eigenvalue weighted by molar-refractivity contribution is 5.93. The molecule has 1 atom stereocenters. The molecule has 0 aliphatic heterocycles. The number of carboxylic acid groups (broad SMARTS) is 1. The van der Waals surface area contributed by atoms with Crippen LogP contribution < -0.4 is 5.32 Å². The van der Waals surface area contributed by atoms with E-state index in [9.17, 15) is 9.90 Å². The molecule has 5 nitrogen and oxygen atoms in total. The molecule has 0 saturated heterocycles. The Hall–Kier alpha value is -1.62. The highest BCUT2D eigenvalue weighted by Gasteiger charge is 2.19. The lowest BCUT2D eigenvalue weighted by molar-refractivity contribution is 0.0697. The summed E-state index contributed by atoms with van der Waals surface area (Å²) in [7, 11) is 3.99. The van der Waals surface area contributed by atoms with Gasteiger partial charge in [0.15, 0.2) is 0 Å². The first kappa shape index (κ1) is 14.8. The number of aromatic carboxylic acids is 1.